The fourth-order valence-corrected chi connectivity index (χ4v) is 8.25. The highest BCUT2D eigenvalue weighted by Gasteiger charge is 2.31. The second-order valence-corrected chi connectivity index (χ2v) is 20.2. The summed E-state index contributed by atoms with van der Waals surface area (Å²) in [5.74, 6) is -1.48. The van der Waals surface area contributed by atoms with E-state index in [4.69, 9.17) is 14.2 Å². The Bertz CT molecular complexity index is 1290. The predicted molar refractivity (Wildman–Crippen MR) is 289 cm³/mol. The molecule has 8 heteroatoms. The maximum Gasteiger partial charge on any atom is 0.362 e. The monoisotopic (exact) mass is 955 g/mol. The number of likely N-dealkylation sites (N-methyl/N-ethyl adjacent to an activating group) is 1. The molecule has 0 amide bonds. The fraction of sp³-hybridized carbons (Fsp3) is 0.783. The summed E-state index contributed by atoms with van der Waals surface area (Å²) < 4.78 is 17.4. The number of hydrogen-bond acceptors (Lipinski definition) is 6. The number of esters is 2. The van der Waals surface area contributed by atoms with E-state index in [0.717, 1.165) is 70.6 Å². The second kappa shape index (κ2) is 50.4. The summed E-state index contributed by atoms with van der Waals surface area (Å²) in [6.45, 7) is 4.72. The van der Waals surface area contributed by atoms with Crippen LogP contribution in [0.25, 0.3) is 0 Å². The lowest BCUT2D eigenvalue weighted by Gasteiger charge is -2.31. The van der Waals surface area contributed by atoms with Crippen LogP contribution in [0.5, 0.6) is 0 Å². The van der Waals surface area contributed by atoms with Gasteiger partial charge in [0.15, 0.2) is 12.1 Å². The first-order valence-electron chi connectivity index (χ1n) is 28.3. The number of ether oxygens (including phenoxy) is 3. The zero-order chi connectivity index (χ0) is 49.9. The van der Waals surface area contributed by atoms with Crippen LogP contribution in [0.15, 0.2) is 60.8 Å². The molecule has 1 N–H and O–H groups in total. The summed E-state index contributed by atoms with van der Waals surface area (Å²) in [5.41, 5.74) is 0. The maximum absolute atomic E-state index is 12.8. The Morgan fingerprint density at radius 3 is 1.18 bits per heavy atom. The van der Waals surface area contributed by atoms with Gasteiger partial charge in [0.25, 0.3) is 0 Å². The van der Waals surface area contributed by atoms with E-state index in [1.165, 1.54) is 148 Å². The quantitative estimate of drug-likeness (QED) is 0.0281. The van der Waals surface area contributed by atoms with E-state index in [1.54, 1.807) is 0 Å². The van der Waals surface area contributed by atoms with E-state index in [1.807, 2.05) is 21.1 Å². The molecule has 0 fully saturated rings. The normalized spacial score (nSPS) is 13.2. The second-order valence-electron chi connectivity index (χ2n) is 20.2. The summed E-state index contributed by atoms with van der Waals surface area (Å²) >= 11 is 0. The molecule has 0 saturated heterocycles. The standard InChI is InChI=1S/C60H107NO7/c1-6-8-10-12-14-16-18-20-22-24-26-28-30-32-34-36-38-40-42-44-46-48-50-58(62)67-55-56(54-66-53-52-57(60(64)65)61(3,4)5)68-59(63)51-49-47-45-43-41-39-37-35-33-31-29-27-25-23-21-19-17-15-13-11-9-7-2/h15,17,21,23-24,26-27,29-30,32,56-57H,6-14,16,18-20,22,25,28,31,33-55H2,1-5H3/p+1/b17-15+,23-21+,26-24+,29-27+,32-30+. The number of hydrogen-bond donors (Lipinski definition) is 1. The third-order valence-corrected chi connectivity index (χ3v) is 12.6. The summed E-state index contributed by atoms with van der Waals surface area (Å²) in [5, 5.41) is 9.68. The lowest BCUT2D eigenvalue weighted by molar-refractivity contribution is -0.887. The summed E-state index contributed by atoms with van der Waals surface area (Å²) in [7, 11) is 5.54. The molecule has 0 saturated carbocycles. The highest BCUT2D eigenvalue weighted by Crippen LogP contribution is 2.15. The number of carbonyl (C=O) groups excluding carboxylic acids is 2. The highest BCUT2D eigenvalue weighted by atomic mass is 16.6. The summed E-state index contributed by atoms with van der Waals surface area (Å²) in [6.07, 6.45) is 64.2. The Labute approximate surface area is 419 Å². The van der Waals surface area contributed by atoms with Gasteiger partial charge in [0, 0.05) is 19.3 Å². The third-order valence-electron chi connectivity index (χ3n) is 12.6. The van der Waals surface area contributed by atoms with Crippen molar-refractivity contribution >= 4 is 17.9 Å². The highest BCUT2D eigenvalue weighted by molar-refractivity contribution is 5.72. The van der Waals surface area contributed by atoms with Crippen molar-refractivity contribution < 1.29 is 38.2 Å². The largest absolute Gasteiger partial charge is 0.477 e. The predicted octanol–water partition coefficient (Wildman–Crippen LogP) is 16.9. The number of quaternary nitrogens is 1. The van der Waals surface area contributed by atoms with Crippen molar-refractivity contribution in [3.05, 3.63) is 60.8 Å². The number of rotatable bonds is 51. The average molecular weight is 956 g/mol. The molecule has 2 unspecified atom stereocenters. The molecule has 0 aliphatic carbocycles. The first kappa shape index (κ1) is 65.0. The van der Waals surface area contributed by atoms with Crippen LogP contribution in [0, 0.1) is 0 Å². The van der Waals surface area contributed by atoms with Crippen LogP contribution in [0.2, 0.25) is 0 Å². The van der Waals surface area contributed by atoms with Crippen LogP contribution in [-0.2, 0) is 28.6 Å². The van der Waals surface area contributed by atoms with Gasteiger partial charge in [-0.3, -0.25) is 9.59 Å². The molecule has 0 bridgehead atoms. The Morgan fingerprint density at radius 1 is 0.441 bits per heavy atom. The van der Waals surface area contributed by atoms with Gasteiger partial charge in [0.05, 0.1) is 34.4 Å². The van der Waals surface area contributed by atoms with E-state index in [2.05, 4.69) is 74.6 Å². The molecule has 68 heavy (non-hydrogen) atoms. The molecule has 0 aliphatic rings. The molecule has 0 aliphatic heterocycles. The zero-order valence-corrected chi connectivity index (χ0v) is 45.1. The summed E-state index contributed by atoms with van der Waals surface area (Å²) in [6, 6.07) is -0.620. The van der Waals surface area contributed by atoms with Gasteiger partial charge in [-0.15, -0.1) is 0 Å². The van der Waals surface area contributed by atoms with Crippen molar-refractivity contribution in [1.82, 2.24) is 0 Å². The molecule has 0 rings (SSSR count). The van der Waals surface area contributed by atoms with Crippen LogP contribution >= 0.6 is 0 Å². The average Bonchev–Trinajstić information content (AvgIpc) is 3.30. The first-order valence-corrected chi connectivity index (χ1v) is 28.3. The molecule has 0 aromatic rings. The van der Waals surface area contributed by atoms with Crippen molar-refractivity contribution in [2.75, 3.05) is 41.0 Å². The van der Waals surface area contributed by atoms with E-state index in [9.17, 15) is 19.5 Å². The lowest BCUT2D eigenvalue weighted by Crippen LogP contribution is -2.50. The SMILES string of the molecule is CCCCC/C=C/C/C=C/C/C=C/CCCCCCCCCCCC(=O)OC(COCCC(C(=O)O)[N+](C)(C)C)COC(=O)CCCCCCCCC/C=C/C/C=C/CCCCCCCCCC. The van der Waals surface area contributed by atoms with Gasteiger partial charge in [0.2, 0.25) is 0 Å². The Hall–Kier alpha value is -2.97. The van der Waals surface area contributed by atoms with E-state index in [0.29, 0.717) is 19.3 Å². The van der Waals surface area contributed by atoms with E-state index in [-0.39, 0.29) is 36.2 Å². The zero-order valence-electron chi connectivity index (χ0n) is 45.1. The third kappa shape index (κ3) is 48.1. The molecule has 8 nitrogen and oxygen atoms in total. The fourth-order valence-electron chi connectivity index (χ4n) is 8.25. The number of aliphatic carboxylic acids is 1. The summed E-state index contributed by atoms with van der Waals surface area (Å²) in [4.78, 5) is 37.3. The van der Waals surface area contributed by atoms with Crippen LogP contribution in [0.1, 0.15) is 251 Å². The Kier molecular flexibility index (Phi) is 48.2. The van der Waals surface area contributed by atoms with Gasteiger partial charge in [-0.2, -0.15) is 0 Å². The van der Waals surface area contributed by atoms with Crippen molar-refractivity contribution in [3.8, 4) is 0 Å². The molecule has 0 aromatic carbocycles. The molecular weight excluding hydrogens is 847 g/mol. The van der Waals surface area contributed by atoms with Crippen molar-refractivity contribution in [2.24, 2.45) is 0 Å². The van der Waals surface area contributed by atoms with Crippen molar-refractivity contribution in [1.29, 1.82) is 0 Å². The number of carbonyl (C=O) groups is 3. The van der Waals surface area contributed by atoms with E-state index >= 15 is 0 Å². The molecule has 0 radical (unpaired) electrons. The first-order chi connectivity index (χ1) is 33.1. The minimum absolute atomic E-state index is 0.0553. The topological polar surface area (TPSA) is 99.1 Å². The van der Waals surface area contributed by atoms with Crippen LogP contribution in [-0.4, -0.2) is 80.6 Å². The number of unbranched alkanes of at least 4 members (excludes halogenated alkanes) is 27. The molecule has 2 atom stereocenters. The van der Waals surface area contributed by atoms with Gasteiger partial charge in [-0.25, -0.2) is 4.79 Å². The number of carboxylic acids is 1. The van der Waals surface area contributed by atoms with Gasteiger partial charge < -0.3 is 23.8 Å². The number of allylic oxidation sites excluding steroid dienone is 10. The van der Waals surface area contributed by atoms with Gasteiger partial charge in [-0.05, 0) is 83.5 Å². The molecular formula is C60H108NO7+. The van der Waals surface area contributed by atoms with Crippen LogP contribution in [0.3, 0.4) is 0 Å². The van der Waals surface area contributed by atoms with Crippen molar-refractivity contribution in [3.63, 3.8) is 0 Å². The molecule has 0 heterocycles. The Balaban J connectivity index is 4.22. The minimum Gasteiger partial charge on any atom is -0.477 e. The smallest absolute Gasteiger partial charge is 0.362 e. The van der Waals surface area contributed by atoms with Crippen LogP contribution < -0.4 is 0 Å². The Morgan fingerprint density at radius 2 is 0.779 bits per heavy atom. The minimum atomic E-state index is -0.876. The number of nitrogens with zero attached hydrogens (tertiary/aromatic N) is 1. The van der Waals surface area contributed by atoms with Gasteiger partial charge >= 0.3 is 17.9 Å². The maximum atomic E-state index is 12.8. The van der Waals surface area contributed by atoms with Gasteiger partial charge in [0.1, 0.15) is 6.61 Å². The number of carboxylic acid groups (broad SMARTS) is 1. The van der Waals surface area contributed by atoms with Crippen molar-refractivity contribution in [2.45, 2.75) is 264 Å². The lowest BCUT2D eigenvalue weighted by atomic mass is 10.1. The van der Waals surface area contributed by atoms with Gasteiger partial charge in [-0.1, -0.05) is 209 Å². The molecule has 0 spiro atoms. The molecule has 0 aromatic heterocycles. The van der Waals surface area contributed by atoms with Crippen LogP contribution in [0.4, 0.5) is 0 Å². The molecule has 394 valence electrons. The van der Waals surface area contributed by atoms with E-state index < -0.39 is 18.1 Å².